The minimum Gasteiger partial charge on any atom is -0.494 e. The second kappa shape index (κ2) is 6.00. The lowest BCUT2D eigenvalue weighted by Crippen LogP contribution is -2.06. The largest absolute Gasteiger partial charge is 0.494 e. The molecule has 0 radical (unpaired) electrons. The first-order chi connectivity index (χ1) is 10.7. The number of benzene rings is 1. The second-order valence-corrected chi connectivity index (χ2v) is 5.87. The maximum absolute atomic E-state index is 9.29. The zero-order chi connectivity index (χ0) is 15.5. The van der Waals surface area contributed by atoms with Crippen LogP contribution in [-0.4, -0.2) is 22.1 Å². The molecule has 0 unspecified atom stereocenters. The lowest BCUT2D eigenvalue weighted by molar-refractivity contribution is 0.411. The van der Waals surface area contributed by atoms with E-state index in [4.69, 9.17) is 4.74 Å². The Bertz CT molecular complexity index is 830. The summed E-state index contributed by atoms with van der Waals surface area (Å²) in [6.07, 6.45) is 0.616. The highest BCUT2D eigenvalue weighted by atomic mass is 32.1. The molecular weight excluding hydrogens is 296 g/mol. The van der Waals surface area contributed by atoms with E-state index in [0.29, 0.717) is 17.9 Å². The van der Waals surface area contributed by atoms with Crippen molar-refractivity contribution in [1.29, 1.82) is 5.26 Å². The van der Waals surface area contributed by atoms with Crippen LogP contribution >= 0.6 is 11.3 Å². The fourth-order valence-corrected chi connectivity index (χ4v) is 2.99. The average Bonchev–Trinajstić information content (AvgIpc) is 3.17. The van der Waals surface area contributed by atoms with Crippen LogP contribution in [0.15, 0.2) is 35.7 Å². The SMILES string of the molecule is COc1ccc(C)cc1-n1nnc(C#N)c1Cc1cccs1. The summed E-state index contributed by atoms with van der Waals surface area (Å²) in [6, 6.07) is 12.0. The normalized spacial score (nSPS) is 10.4. The van der Waals surface area contributed by atoms with E-state index in [2.05, 4.69) is 16.4 Å². The molecule has 0 saturated heterocycles. The standard InChI is InChI=1S/C16H14N4OS/c1-11-5-6-16(21-2)15(8-11)20-14(13(10-17)18-19-20)9-12-4-3-7-22-12/h3-8H,9H2,1-2H3. The fraction of sp³-hybridized carbons (Fsp3) is 0.188. The minimum atomic E-state index is 0.344. The average molecular weight is 310 g/mol. The number of hydrogen-bond donors (Lipinski definition) is 0. The van der Waals surface area contributed by atoms with Crippen molar-refractivity contribution >= 4 is 11.3 Å². The minimum absolute atomic E-state index is 0.344. The highest BCUT2D eigenvalue weighted by molar-refractivity contribution is 7.09. The van der Waals surface area contributed by atoms with Gasteiger partial charge in [0.15, 0.2) is 5.69 Å². The van der Waals surface area contributed by atoms with E-state index < -0.39 is 0 Å². The number of ether oxygens (including phenoxy) is 1. The van der Waals surface area contributed by atoms with Crippen LogP contribution in [0.3, 0.4) is 0 Å². The Hall–Kier alpha value is -2.65. The Morgan fingerprint density at radius 2 is 2.23 bits per heavy atom. The molecule has 1 aromatic carbocycles. The van der Waals surface area contributed by atoms with Gasteiger partial charge in [-0.3, -0.25) is 0 Å². The number of nitriles is 1. The van der Waals surface area contributed by atoms with E-state index >= 15 is 0 Å². The van der Waals surface area contributed by atoms with Gasteiger partial charge < -0.3 is 4.74 Å². The number of methoxy groups -OCH3 is 1. The number of aromatic nitrogens is 3. The molecule has 0 aliphatic heterocycles. The van der Waals surface area contributed by atoms with Gasteiger partial charge >= 0.3 is 0 Å². The van der Waals surface area contributed by atoms with E-state index in [-0.39, 0.29) is 0 Å². The molecule has 3 aromatic rings. The van der Waals surface area contributed by atoms with Crippen molar-refractivity contribution < 1.29 is 4.74 Å². The molecular formula is C16H14N4OS. The first-order valence-corrected chi connectivity index (χ1v) is 7.63. The number of rotatable bonds is 4. The number of thiophene rings is 1. The van der Waals surface area contributed by atoms with Gasteiger partial charge in [0, 0.05) is 11.3 Å². The summed E-state index contributed by atoms with van der Waals surface area (Å²) in [6.45, 7) is 2.00. The smallest absolute Gasteiger partial charge is 0.186 e. The van der Waals surface area contributed by atoms with E-state index in [0.717, 1.165) is 21.8 Å². The lowest BCUT2D eigenvalue weighted by atomic mass is 10.1. The molecule has 0 fully saturated rings. The summed E-state index contributed by atoms with van der Waals surface area (Å²) >= 11 is 1.65. The molecule has 0 aliphatic carbocycles. The summed E-state index contributed by atoms with van der Waals surface area (Å²) in [4.78, 5) is 1.16. The van der Waals surface area contributed by atoms with Gasteiger partial charge in [0.1, 0.15) is 17.5 Å². The van der Waals surface area contributed by atoms with Gasteiger partial charge in [0.2, 0.25) is 0 Å². The summed E-state index contributed by atoms with van der Waals surface area (Å²) in [5.74, 6) is 0.701. The van der Waals surface area contributed by atoms with Crippen LogP contribution in [0.5, 0.6) is 5.75 Å². The molecule has 6 heteroatoms. The van der Waals surface area contributed by atoms with Crippen LogP contribution < -0.4 is 4.74 Å². The van der Waals surface area contributed by atoms with Gasteiger partial charge in [-0.25, -0.2) is 4.68 Å². The number of hydrogen-bond acceptors (Lipinski definition) is 5. The third-order valence-electron chi connectivity index (χ3n) is 3.35. The molecule has 0 spiro atoms. The Kier molecular flexibility index (Phi) is 3.90. The van der Waals surface area contributed by atoms with Gasteiger partial charge in [0.25, 0.3) is 0 Å². The molecule has 0 N–H and O–H groups in total. The number of nitrogens with zero attached hydrogens (tertiary/aromatic N) is 4. The Morgan fingerprint density at radius 1 is 1.36 bits per heavy atom. The third kappa shape index (κ3) is 2.59. The second-order valence-electron chi connectivity index (χ2n) is 4.84. The molecule has 2 aromatic heterocycles. The molecule has 5 nitrogen and oxygen atoms in total. The topological polar surface area (TPSA) is 63.7 Å². The Labute approximate surface area is 132 Å². The van der Waals surface area contributed by atoms with Crippen LogP contribution in [-0.2, 0) is 6.42 Å². The summed E-state index contributed by atoms with van der Waals surface area (Å²) in [5, 5.41) is 19.5. The molecule has 2 heterocycles. The van der Waals surface area contributed by atoms with Crippen molar-refractivity contribution in [2.24, 2.45) is 0 Å². The van der Waals surface area contributed by atoms with Crippen LogP contribution in [0.25, 0.3) is 5.69 Å². The first kappa shape index (κ1) is 14.3. The molecule has 0 atom stereocenters. The van der Waals surface area contributed by atoms with Crippen molar-refractivity contribution in [1.82, 2.24) is 15.0 Å². The van der Waals surface area contributed by atoms with Crippen molar-refractivity contribution in [3.8, 4) is 17.5 Å². The van der Waals surface area contributed by atoms with Crippen LogP contribution in [0.2, 0.25) is 0 Å². The Balaban J connectivity index is 2.14. The summed E-state index contributed by atoms with van der Waals surface area (Å²) < 4.78 is 7.12. The van der Waals surface area contributed by atoms with Crippen LogP contribution in [0, 0.1) is 18.3 Å². The molecule has 3 rings (SSSR count). The fourth-order valence-electron chi connectivity index (χ4n) is 2.28. The van der Waals surface area contributed by atoms with Crippen molar-refractivity contribution in [3.63, 3.8) is 0 Å². The quantitative estimate of drug-likeness (QED) is 0.743. The highest BCUT2D eigenvalue weighted by Gasteiger charge is 2.17. The van der Waals surface area contributed by atoms with Crippen LogP contribution in [0.1, 0.15) is 21.8 Å². The van der Waals surface area contributed by atoms with Gasteiger partial charge in [0.05, 0.1) is 12.8 Å². The first-order valence-electron chi connectivity index (χ1n) is 6.75. The molecule has 0 saturated carbocycles. The van der Waals surface area contributed by atoms with Gasteiger partial charge in [-0.15, -0.1) is 16.4 Å². The highest BCUT2D eigenvalue weighted by Crippen LogP contribution is 2.26. The van der Waals surface area contributed by atoms with E-state index in [9.17, 15) is 5.26 Å². The zero-order valence-electron chi connectivity index (χ0n) is 12.3. The molecule has 0 bridgehead atoms. The maximum atomic E-state index is 9.29. The van der Waals surface area contributed by atoms with Crippen molar-refractivity contribution in [3.05, 3.63) is 57.5 Å². The van der Waals surface area contributed by atoms with E-state index in [1.54, 1.807) is 23.1 Å². The zero-order valence-corrected chi connectivity index (χ0v) is 13.1. The van der Waals surface area contributed by atoms with E-state index in [1.165, 1.54) is 0 Å². The predicted molar refractivity (Wildman–Crippen MR) is 84.5 cm³/mol. The Morgan fingerprint density at radius 3 is 2.91 bits per heavy atom. The maximum Gasteiger partial charge on any atom is 0.186 e. The molecule has 0 aliphatic rings. The number of aryl methyl sites for hydroxylation is 1. The summed E-state index contributed by atoms with van der Waals surface area (Å²) in [7, 11) is 1.62. The van der Waals surface area contributed by atoms with Crippen LogP contribution in [0.4, 0.5) is 0 Å². The van der Waals surface area contributed by atoms with Gasteiger partial charge in [-0.2, -0.15) is 5.26 Å². The summed E-state index contributed by atoms with van der Waals surface area (Å²) in [5.41, 5.74) is 3.00. The van der Waals surface area contributed by atoms with Gasteiger partial charge in [-0.05, 0) is 36.1 Å². The molecule has 0 amide bonds. The van der Waals surface area contributed by atoms with Crippen molar-refractivity contribution in [2.45, 2.75) is 13.3 Å². The molecule has 110 valence electrons. The lowest BCUT2D eigenvalue weighted by Gasteiger charge is -2.11. The van der Waals surface area contributed by atoms with Crippen molar-refractivity contribution in [2.75, 3.05) is 7.11 Å². The third-order valence-corrected chi connectivity index (χ3v) is 4.23. The van der Waals surface area contributed by atoms with Gasteiger partial charge in [-0.1, -0.05) is 17.3 Å². The monoisotopic (exact) mass is 310 g/mol. The molecule has 22 heavy (non-hydrogen) atoms. The van der Waals surface area contributed by atoms with E-state index in [1.807, 2.05) is 42.6 Å². The predicted octanol–water partition coefficient (Wildman–Crippen LogP) is 3.11.